The van der Waals surface area contributed by atoms with Gasteiger partial charge in [0.2, 0.25) is 0 Å². The van der Waals surface area contributed by atoms with Crippen LogP contribution in [0.5, 0.6) is 0 Å². The number of rotatable bonds is 2. The molecule has 0 aliphatic heterocycles. The van der Waals surface area contributed by atoms with Crippen molar-refractivity contribution in [2.75, 3.05) is 0 Å². The van der Waals surface area contributed by atoms with Crippen LogP contribution in [-0.4, -0.2) is 16.0 Å². The van der Waals surface area contributed by atoms with Crippen LogP contribution >= 0.6 is 0 Å². The summed E-state index contributed by atoms with van der Waals surface area (Å²) in [4.78, 5) is 22.3. The van der Waals surface area contributed by atoms with Crippen LogP contribution in [0.2, 0.25) is 0 Å². The number of carboxylic acid groups (broad SMARTS) is 1. The first-order chi connectivity index (χ1) is 10.5. The Balaban J connectivity index is 2.19. The van der Waals surface area contributed by atoms with Crippen molar-refractivity contribution < 1.29 is 14.8 Å². The summed E-state index contributed by atoms with van der Waals surface area (Å²) in [6.07, 6.45) is 13.2. The lowest BCUT2D eigenvalue weighted by molar-refractivity contribution is -0.421. The van der Waals surface area contributed by atoms with E-state index in [1.54, 1.807) is 24.3 Å². The minimum atomic E-state index is -0.963. The maximum atomic E-state index is 11.4. The summed E-state index contributed by atoms with van der Waals surface area (Å²) in [5.74, 6) is -0.963. The maximum absolute atomic E-state index is 11.4. The van der Waals surface area contributed by atoms with Gasteiger partial charge in [-0.25, -0.2) is 4.79 Å². The highest BCUT2D eigenvalue weighted by atomic mass is 16.6. The molecule has 1 N–H and O–H groups in total. The lowest BCUT2D eigenvalue weighted by atomic mass is 9.87. The van der Waals surface area contributed by atoms with Crippen LogP contribution < -0.4 is 0 Å². The van der Waals surface area contributed by atoms with Gasteiger partial charge >= 0.3 is 5.97 Å². The SMILES string of the molecule is O=C(O)C1=CC2=C/C=C3C=C([N+](=O)[O-])C(=C/C=C/1CC\2)CC3. The third-order valence-electron chi connectivity index (χ3n) is 4.12. The van der Waals surface area contributed by atoms with Gasteiger partial charge in [0.1, 0.15) is 0 Å². The predicted molar refractivity (Wildman–Crippen MR) is 81.6 cm³/mol. The van der Waals surface area contributed by atoms with Gasteiger partial charge < -0.3 is 5.11 Å². The lowest BCUT2D eigenvalue weighted by Crippen LogP contribution is -2.10. The molecule has 0 aromatic heterocycles. The fourth-order valence-corrected chi connectivity index (χ4v) is 2.90. The van der Waals surface area contributed by atoms with Crippen LogP contribution in [0, 0.1) is 10.1 Å². The molecule has 0 amide bonds. The minimum Gasteiger partial charge on any atom is -0.478 e. The van der Waals surface area contributed by atoms with Crippen LogP contribution in [0.3, 0.4) is 0 Å². The first kappa shape index (κ1) is 14.3. The third kappa shape index (κ3) is 2.70. The zero-order chi connectivity index (χ0) is 15.7. The van der Waals surface area contributed by atoms with Gasteiger partial charge in [-0.05, 0) is 48.5 Å². The number of carbonyl (C=O) groups is 1. The van der Waals surface area contributed by atoms with Gasteiger partial charge in [-0.2, -0.15) is 0 Å². The van der Waals surface area contributed by atoms with Crippen LogP contribution in [-0.2, 0) is 4.79 Å². The van der Waals surface area contributed by atoms with Crippen LogP contribution in [0.4, 0.5) is 0 Å². The Kier molecular flexibility index (Phi) is 3.63. The molecule has 0 radical (unpaired) electrons. The molecule has 6 aliphatic carbocycles. The van der Waals surface area contributed by atoms with Crippen LogP contribution in [0.15, 0.2) is 70.0 Å². The highest BCUT2D eigenvalue weighted by Gasteiger charge is 2.24. The Bertz CT molecular complexity index is 681. The number of hydrogen-bond acceptors (Lipinski definition) is 3. The molecule has 0 spiro atoms. The van der Waals surface area contributed by atoms with Crippen molar-refractivity contribution in [3.05, 3.63) is 80.1 Å². The van der Waals surface area contributed by atoms with E-state index in [4.69, 9.17) is 0 Å². The monoisotopic (exact) mass is 297 g/mol. The van der Waals surface area contributed by atoms with E-state index in [1.165, 1.54) is 0 Å². The van der Waals surface area contributed by atoms with E-state index in [0.717, 1.165) is 29.6 Å². The molecule has 0 unspecified atom stereocenters. The van der Waals surface area contributed by atoms with E-state index >= 15 is 0 Å². The number of carboxylic acids is 1. The van der Waals surface area contributed by atoms with E-state index in [9.17, 15) is 20.0 Å². The Morgan fingerprint density at radius 2 is 1.55 bits per heavy atom. The molecule has 0 heterocycles. The van der Waals surface area contributed by atoms with Crippen LogP contribution in [0.25, 0.3) is 0 Å². The molecule has 4 bridgehead atoms. The normalized spacial score (nSPS) is 25.3. The van der Waals surface area contributed by atoms with Gasteiger partial charge in [0, 0.05) is 11.6 Å². The van der Waals surface area contributed by atoms with E-state index < -0.39 is 5.97 Å². The Hall–Kier alpha value is -2.69. The first-order valence-electron chi connectivity index (χ1n) is 7.16. The smallest absolute Gasteiger partial charge is 0.335 e. The molecule has 0 saturated heterocycles. The van der Waals surface area contributed by atoms with Gasteiger partial charge in [0.15, 0.2) is 0 Å². The van der Waals surface area contributed by atoms with Gasteiger partial charge in [-0.1, -0.05) is 24.3 Å². The summed E-state index contributed by atoms with van der Waals surface area (Å²) in [7, 11) is 0. The number of nitrogens with zero attached hydrogens (tertiary/aromatic N) is 1. The summed E-state index contributed by atoms with van der Waals surface area (Å²) >= 11 is 0. The third-order valence-corrected chi connectivity index (χ3v) is 4.12. The molecular weight excluding hydrogens is 282 g/mol. The largest absolute Gasteiger partial charge is 0.478 e. The summed E-state index contributed by atoms with van der Waals surface area (Å²) in [5.41, 5.74) is 3.58. The van der Waals surface area contributed by atoms with Gasteiger partial charge in [0.25, 0.3) is 5.70 Å². The molecule has 0 atom stereocenters. The molecule has 6 aliphatic rings. The lowest BCUT2D eigenvalue weighted by Gasteiger charge is -2.18. The van der Waals surface area contributed by atoms with Gasteiger partial charge in [-0.3, -0.25) is 10.1 Å². The van der Waals surface area contributed by atoms with Gasteiger partial charge in [-0.15, -0.1) is 0 Å². The van der Waals surface area contributed by atoms with E-state index in [-0.39, 0.29) is 16.2 Å². The quantitative estimate of drug-likeness (QED) is 0.625. The number of hydrogen-bond donors (Lipinski definition) is 1. The molecule has 0 saturated carbocycles. The summed E-state index contributed by atoms with van der Waals surface area (Å²) in [6.45, 7) is 0. The zero-order valence-electron chi connectivity index (χ0n) is 11.9. The van der Waals surface area contributed by atoms with Crippen molar-refractivity contribution in [2.24, 2.45) is 0 Å². The number of aliphatic carboxylic acids is 1. The molecule has 0 aromatic carbocycles. The average molecular weight is 297 g/mol. The highest BCUT2D eigenvalue weighted by molar-refractivity contribution is 5.93. The maximum Gasteiger partial charge on any atom is 0.335 e. The fraction of sp³-hybridized carbons (Fsp3) is 0.235. The molecule has 6 rings (SSSR count). The summed E-state index contributed by atoms with van der Waals surface area (Å²) < 4.78 is 0. The van der Waals surface area contributed by atoms with Gasteiger partial charge in [0.05, 0.1) is 10.5 Å². The zero-order valence-corrected chi connectivity index (χ0v) is 11.9. The molecule has 0 fully saturated rings. The predicted octanol–water partition coefficient (Wildman–Crippen LogP) is 3.46. The fourth-order valence-electron chi connectivity index (χ4n) is 2.90. The Morgan fingerprint density at radius 1 is 0.955 bits per heavy atom. The second-order valence-electron chi connectivity index (χ2n) is 5.52. The van der Waals surface area contributed by atoms with Crippen LogP contribution in [0.1, 0.15) is 25.7 Å². The summed E-state index contributed by atoms with van der Waals surface area (Å²) in [6, 6.07) is 0. The number of nitro groups is 1. The average Bonchev–Trinajstić information content (AvgIpc) is 2.49. The molecule has 5 nitrogen and oxygen atoms in total. The molecule has 22 heavy (non-hydrogen) atoms. The van der Waals surface area contributed by atoms with E-state index in [0.29, 0.717) is 18.4 Å². The Morgan fingerprint density at radius 3 is 2.18 bits per heavy atom. The topological polar surface area (TPSA) is 80.4 Å². The minimum absolute atomic E-state index is 0.102. The highest BCUT2D eigenvalue weighted by Crippen LogP contribution is 2.32. The first-order valence-corrected chi connectivity index (χ1v) is 7.16. The second kappa shape index (κ2) is 5.60. The molecule has 112 valence electrons. The van der Waals surface area contributed by atoms with E-state index in [2.05, 4.69) is 0 Å². The summed E-state index contributed by atoms with van der Waals surface area (Å²) in [5, 5.41) is 20.6. The standard InChI is InChI=1S/C17H15NO4/c19-17(20)15-9-11-1-2-12-4-6-14(16(10-12)18(21)22)8-7-13(15)5-3-11/h1-2,7-10H,3-6H2,(H,19,20)/b2-1?,8-7?,11-1+,12-2?,13-7+,14-8?. The van der Waals surface area contributed by atoms with Crippen molar-refractivity contribution in [2.45, 2.75) is 25.7 Å². The van der Waals surface area contributed by atoms with Crippen molar-refractivity contribution in [1.82, 2.24) is 0 Å². The second-order valence-corrected chi connectivity index (χ2v) is 5.52. The molecule has 5 heteroatoms. The van der Waals surface area contributed by atoms with Crippen molar-refractivity contribution in [3.8, 4) is 0 Å². The van der Waals surface area contributed by atoms with E-state index in [1.807, 2.05) is 12.2 Å². The Labute approximate surface area is 127 Å². The van der Waals surface area contributed by atoms with Crippen molar-refractivity contribution >= 4 is 5.97 Å². The van der Waals surface area contributed by atoms with Crippen molar-refractivity contribution in [1.29, 1.82) is 0 Å². The molecular formula is C17H15NO4. The van der Waals surface area contributed by atoms with Crippen molar-refractivity contribution in [3.63, 3.8) is 0 Å². The number of allylic oxidation sites excluding steroid dienone is 9. The molecule has 0 aromatic rings.